The molecule has 0 aliphatic carbocycles. The Morgan fingerprint density at radius 1 is 1.50 bits per heavy atom. The van der Waals surface area contributed by atoms with Gasteiger partial charge in [0, 0.05) is 16.3 Å². The van der Waals surface area contributed by atoms with E-state index >= 15 is 0 Å². The molecule has 0 aliphatic rings. The Kier molecular flexibility index (Phi) is 2.21. The molecular formula is C10H7FO2S. The number of hydrogen-bond acceptors (Lipinski definition) is 3. The molecule has 0 saturated carbocycles. The van der Waals surface area contributed by atoms with Crippen molar-refractivity contribution in [2.24, 2.45) is 0 Å². The maximum atomic E-state index is 13.3. The lowest BCUT2D eigenvalue weighted by Gasteiger charge is -1.99. The number of carbonyl (C=O) groups is 1. The van der Waals surface area contributed by atoms with Crippen molar-refractivity contribution in [3.63, 3.8) is 0 Å². The third-order valence-corrected chi connectivity index (χ3v) is 2.99. The van der Waals surface area contributed by atoms with E-state index in [-0.39, 0.29) is 5.82 Å². The van der Waals surface area contributed by atoms with Gasteiger partial charge in [-0.2, -0.15) is 0 Å². The van der Waals surface area contributed by atoms with Crippen LogP contribution in [0, 0.1) is 5.82 Å². The fraction of sp³-hybridized carbons (Fsp3) is 0.100. The molecule has 0 bridgehead atoms. The standard InChI is InChI=1S/C10H7FO2S/c1-13-8-5-14-10-7(11)3-2-6(4-12)9(8)10/h2-5H,1H3. The highest BCUT2D eigenvalue weighted by molar-refractivity contribution is 7.17. The predicted molar refractivity (Wildman–Crippen MR) is 53.7 cm³/mol. The van der Waals surface area contributed by atoms with Gasteiger partial charge in [-0.3, -0.25) is 4.79 Å². The summed E-state index contributed by atoms with van der Waals surface area (Å²) in [7, 11) is 1.50. The van der Waals surface area contributed by atoms with Crippen molar-refractivity contribution in [3.05, 3.63) is 28.9 Å². The lowest BCUT2D eigenvalue weighted by atomic mass is 10.1. The van der Waals surface area contributed by atoms with Crippen LogP contribution < -0.4 is 4.74 Å². The van der Waals surface area contributed by atoms with Crippen LogP contribution in [0.1, 0.15) is 10.4 Å². The summed E-state index contributed by atoms with van der Waals surface area (Å²) in [5.41, 5.74) is 0.458. The highest BCUT2D eigenvalue weighted by Gasteiger charge is 2.12. The highest BCUT2D eigenvalue weighted by Crippen LogP contribution is 2.35. The molecule has 72 valence electrons. The van der Waals surface area contributed by atoms with E-state index in [2.05, 4.69) is 0 Å². The second-order valence-corrected chi connectivity index (χ2v) is 3.64. The molecule has 1 aromatic heterocycles. The van der Waals surface area contributed by atoms with Crippen LogP contribution in [0.5, 0.6) is 5.75 Å². The average Bonchev–Trinajstić information content (AvgIpc) is 2.63. The molecule has 2 rings (SSSR count). The summed E-state index contributed by atoms with van der Waals surface area (Å²) in [6.07, 6.45) is 0.705. The van der Waals surface area contributed by atoms with Gasteiger partial charge in [-0.25, -0.2) is 4.39 Å². The Morgan fingerprint density at radius 3 is 2.93 bits per heavy atom. The van der Waals surface area contributed by atoms with Gasteiger partial charge in [0.1, 0.15) is 11.6 Å². The Balaban J connectivity index is 2.88. The number of ether oxygens (including phenoxy) is 1. The number of methoxy groups -OCH3 is 1. The van der Waals surface area contributed by atoms with E-state index in [1.54, 1.807) is 5.38 Å². The minimum atomic E-state index is -0.320. The van der Waals surface area contributed by atoms with Crippen molar-refractivity contribution in [1.82, 2.24) is 0 Å². The Bertz CT molecular complexity index is 490. The molecule has 0 fully saturated rings. The normalized spacial score (nSPS) is 10.4. The summed E-state index contributed by atoms with van der Waals surface area (Å²) in [6, 6.07) is 2.75. The predicted octanol–water partition coefficient (Wildman–Crippen LogP) is 2.86. The van der Waals surface area contributed by atoms with Gasteiger partial charge in [-0.1, -0.05) is 0 Å². The third-order valence-electron chi connectivity index (χ3n) is 2.02. The van der Waals surface area contributed by atoms with Crippen LogP contribution in [0.4, 0.5) is 4.39 Å². The smallest absolute Gasteiger partial charge is 0.150 e. The van der Waals surface area contributed by atoms with Crippen LogP contribution in [-0.4, -0.2) is 13.4 Å². The second-order valence-electron chi connectivity index (χ2n) is 2.76. The minimum Gasteiger partial charge on any atom is -0.495 e. The van der Waals surface area contributed by atoms with Gasteiger partial charge in [0.05, 0.1) is 11.8 Å². The number of aldehydes is 1. The Hall–Kier alpha value is -1.42. The molecule has 4 heteroatoms. The van der Waals surface area contributed by atoms with Crippen molar-refractivity contribution in [1.29, 1.82) is 0 Å². The summed E-state index contributed by atoms with van der Waals surface area (Å²) in [6.45, 7) is 0. The van der Waals surface area contributed by atoms with Crippen LogP contribution in [0.2, 0.25) is 0 Å². The summed E-state index contributed by atoms with van der Waals surface area (Å²) in [5.74, 6) is 0.227. The topological polar surface area (TPSA) is 26.3 Å². The minimum absolute atomic E-state index is 0.320. The van der Waals surface area contributed by atoms with Crippen molar-refractivity contribution in [3.8, 4) is 5.75 Å². The van der Waals surface area contributed by atoms with Crippen LogP contribution in [0.3, 0.4) is 0 Å². The molecule has 14 heavy (non-hydrogen) atoms. The van der Waals surface area contributed by atoms with Crippen molar-refractivity contribution in [2.45, 2.75) is 0 Å². The molecule has 0 aliphatic heterocycles. The first-order valence-corrected chi connectivity index (χ1v) is 4.84. The van der Waals surface area contributed by atoms with E-state index < -0.39 is 0 Å². The van der Waals surface area contributed by atoms with Gasteiger partial charge in [0.15, 0.2) is 6.29 Å². The van der Waals surface area contributed by atoms with Crippen LogP contribution in [0.25, 0.3) is 10.1 Å². The molecule has 2 aromatic rings. The number of halogens is 1. The number of carbonyl (C=O) groups excluding carboxylic acids is 1. The van der Waals surface area contributed by atoms with E-state index in [1.807, 2.05) is 0 Å². The molecule has 0 saturated heterocycles. The van der Waals surface area contributed by atoms with E-state index in [0.29, 0.717) is 27.7 Å². The van der Waals surface area contributed by atoms with Crippen molar-refractivity contribution < 1.29 is 13.9 Å². The lowest BCUT2D eigenvalue weighted by Crippen LogP contribution is -1.86. The quantitative estimate of drug-likeness (QED) is 0.712. The highest BCUT2D eigenvalue weighted by atomic mass is 32.1. The molecule has 1 heterocycles. The first kappa shape index (κ1) is 9.15. The molecule has 0 N–H and O–H groups in total. The molecule has 0 unspecified atom stereocenters. The fourth-order valence-corrected chi connectivity index (χ4v) is 2.32. The first-order valence-electron chi connectivity index (χ1n) is 3.96. The lowest BCUT2D eigenvalue weighted by molar-refractivity contribution is 0.112. The number of hydrogen-bond donors (Lipinski definition) is 0. The van der Waals surface area contributed by atoms with Crippen LogP contribution in [-0.2, 0) is 0 Å². The summed E-state index contributed by atoms with van der Waals surface area (Å²) < 4.78 is 18.8. The van der Waals surface area contributed by atoms with Gasteiger partial charge >= 0.3 is 0 Å². The largest absolute Gasteiger partial charge is 0.495 e. The summed E-state index contributed by atoms with van der Waals surface area (Å²) >= 11 is 1.24. The van der Waals surface area contributed by atoms with Gasteiger partial charge < -0.3 is 4.74 Å². The van der Waals surface area contributed by atoms with Gasteiger partial charge in [-0.05, 0) is 12.1 Å². The monoisotopic (exact) mass is 210 g/mol. The second kappa shape index (κ2) is 3.38. The molecule has 0 atom stereocenters. The Morgan fingerprint density at radius 2 is 2.29 bits per heavy atom. The molecule has 0 radical (unpaired) electrons. The molecule has 0 spiro atoms. The number of thiophene rings is 1. The fourth-order valence-electron chi connectivity index (χ4n) is 1.36. The zero-order valence-electron chi connectivity index (χ0n) is 7.41. The van der Waals surface area contributed by atoms with Gasteiger partial charge in [0.2, 0.25) is 0 Å². The third kappa shape index (κ3) is 1.19. The average molecular weight is 210 g/mol. The molecular weight excluding hydrogens is 203 g/mol. The van der Waals surface area contributed by atoms with E-state index in [4.69, 9.17) is 4.74 Å². The van der Waals surface area contributed by atoms with Crippen LogP contribution >= 0.6 is 11.3 Å². The summed E-state index contributed by atoms with van der Waals surface area (Å²) in [4.78, 5) is 10.7. The maximum Gasteiger partial charge on any atom is 0.150 e. The summed E-state index contributed by atoms with van der Waals surface area (Å²) in [5, 5.41) is 2.26. The number of benzene rings is 1. The maximum absolute atomic E-state index is 13.3. The van der Waals surface area contributed by atoms with Gasteiger partial charge in [-0.15, -0.1) is 11.3 Å². The molecule has 2 nitrogen and oxygen atoms in total. The van der Waals surface area contributed by atoms with Crippen molar-refractivity contribution >= 4 is 27.7 Å². The van der Waals surface area contributed by atoms with Gasteiger partial charge in [0.25, 0.3) is 0 Å². The number of rotatable bonds is 2. The zero-order valence-corrected chi connectivity index (χ0v) is 8.23. The molecule has 0 amide bonds. The van der Waals surface area contributed by atoms with E-state index in [0.717, 1.165) is 0 Å². The molecule has 1 aromatic carbocycles. The van der Waals surface area contributed by atoms with Crippen LogP contribution in [0.15, 0.2) is 17.5 Å². The first-order chi connectivity index (χ1) is 6.77. The number of fused-ring (bicyclic) bond motifs is 1. The zero-order chi connectivity index (χ0) is 10.1. The van der Waals surface area contributed by atoms with Crippen molar-refractivity contribution in [2.75, 3.05) is 7.11 Å². The van der Waals surface area contributed by atoms with E-state index in [9.17, 15) is 9.18 Å². The Labute approximate surface area is 83.9 Å². The SMILES string of the molecule is COc1csc2c(F)ccc(C=O)c12. The van der Waals surface area contributed by atoms with E-state index in [1.165, 1.54) is 30.6 Å².